The van der Waals surface area contributed by atoms with Crippen molar-refractivity contribution in [2.24, 2.45) is 0 Å². The van der Waals surface area contributed by atoms with Crippen LogP contribution in [0.5, 0.6) is 5.75 Å². The lowest BCUT2D eigenvalue weighted by molar-refractivity contribution is -0.131. The lowest BCUT2D eigenvalue weighted by atomic mass is 9.92. The molecule has 0 unspecified atom stereocenters. The van der Waals surface area contributed by atoms with Gasteiger partial charge in [0.2, 0.25) is 10.0 Å². The maximum Gasteiger partial charge on any atom is 0.325 e. The highest BCUT2D eigenvalue weighted by Gasteiger charge is 2.48. The van der Waals surface area contributed by atoms with Crippen LogP contribution < -0.4 is 10.1 Å². The van der Waals surface area contributed by atoms with E-state index in [9.17, 15) is 22.4 Å². The Kier molecular flexibility index (Phi) is 5.82. The van der Waals surface area contributed by atoms with Gasteiger partial charge in [0.1, 0.15) is 23.7 Å². The van der Waals surface area contributed by atoms with Gasteiger partial charge in [0, 0.05) is 14.1 Å². The van der Waals surface area contributed by atoms with Crippen molar-refractivity contribution in [1.82, 2.24) is 14.5 Å². The number of imide groups is 1. The third-order valence-corrected chi connectivity index (χ3v) is 6.71. The molecule has 1 heterocycles. The van der Waals surface area contributed by atoms with Crippen LogP contribution in [0.15, 0.2) is 53.4 Å². The van der Waals surface area contributed by atoms with Crippen LogP contribution in [-0.2, 0) is 20.4 Å². The average Bonchev–Trinajstić information content (AvgIpc) is 2.92. The molecule has 0 spiro atoms. The molecule has 0 aliphatic carbocycles. The predicted molar refractivity (Wildman–Crippen MR) is 107 cm³/mol. The Morgan fingerprint density at radius 2 is 1.67 bits per heavy atom. The van der Waals surface area contributed by atoms with Crippen molar-refractivity contribution in [2.75, 3.05) is 27.2 Å². The lowest BCUT2D eigenvalue weighted by Crippen LogP contribution is -2.41. The van der Waals surface area contributed by atoms with Crippen molar-refractivity contribution < 1.29 is 27.1 Å². The number of halogens is 1. The Balaban J connectivity index is 1.63. The van der Waals surface area contributed by atoms with Gasteiger partial charge in [-0.2, -0.15) is 0 Å². The fraction of sp³-hybridized carbons (Fsp3) is 0.300. The Morgan fingerprint density at radius 3 is 2.23 bits per heavy atom. The summed E-state index contributed by atoms with van der Waals surface area (Å²) >= 11 is 0. The molecule has 1 saturated heterocycles. The maximum absolute atomic E-state index is 13.2. The topological polar surface area (TPSA) is 96.0 Å². The Hall–Kier alpha value is -2.98. The number of carbonyl (C=O) groups excluding carboxylic acids is 2. The van der Waals surface area contributed by atoms with Gasteiger partial charge in [0.15, 0.2) is 0 Å². The summed E-state index contributed by atoms with van der Waals surface area (Å²) in [6, 6.07) is 10.7. The number of sulfonamides is 1. The normalized spacial score (nSPS) is 19.3. The van der Waals surface area contributed by atoms with Crippen LogP contribution >= 0.6 is 0 Å². The van der Waals surface area contributed by atoms with Crippen molar-refractivity contribution in [3.63, 3.8) is 0 Å². The first-order valence-corrected chi connectivity index (χ1v) is 10.6. The molecule has 1 fully saturated rings. The molecule has 0 aromatic heterocycles. The molecule has 0 saturated carbocycles. The van der Waals surface area contributed by atoms with Gasteiger partial charge < -0.3 is 10.1 Å². The molecule has 10 heteroatoms. The molecule has 0 radical (unpaired) electrons. The summed E-state index contributed by atoms with van der Waals surface area (Å²) in [6.07, 6.45) is 0. The molecule has 2 aromatic carbocycles. The third-order valence-electron chi connectivity index (χ3n) is 4.88. The van der Waals surface area contributed by atoms with Crippen molar-refractivity contribution in [1.29, 1.82) is 0 Å². The van der Waals surface area contributed by atoms with E-state index in [1.54, 1.807) is 6.92 Å². The second-order valence-electron chi connectivity index (χ2n) is 7.13. The van der Waals surface area contributed by atoms with E-state index < -0.39 is 33.3 Å². The number of ether oxygens (including phenoxy) is 1. The molecule has 3 rings (SSSR count). The quantitative estimate of drug-likeness (QED) is 0.671. The van der Waals surface area contributed by atoms with Crippen LogP contribution in [0, 0.1) is 5.82 Å². The summed E-state index contributed by atoms with van der Waals surface area (Å²) in [4.78, 5) is 26.3. The Morgan fingerprint density at radius 1 is 1.07 bits per heavy atom. The van der Waals surface area contributed by atoms with Crippen LogP contribution in [-0.4, -0.2) is 56.8 Å². The second-order valence-corrected chi connectivity index (χ2v) is 9.28. The van der Waals surface area contributed by atoms with Gasteiger partial charge in [0.05, 0.1) is 11.4 Å². The first-order valence-electron chi connectivity index (χ1n) is 9.11. The highest BCUT2D eigenvalue weighted by atomic mass is 32.2. The zero-order valence-corrected chi connectivity index (χ0v) is 17.6. The highest BCUT2D eigenvalue weighted by Crippen LogP contribution is 2.29. The zero-order chi connectivity index (χ0) is 22.1. The minimum Gasteiger partial charge on any atom is -0.492 e. The number of nitrogens with zero attached hydrogens (tertiary/aromatic N) is 2. The largest absolute Gasteiger partial charge is 0.492 e. The molecule has 2 aromatic rings. The number of nitrogens with one attached hydrogen (secondary N) is 1. The van der Waals surface area contributed by atoms with Crippen LogP contribution in [0.3, 0.4) is 0 Å². The average molecular weight is 435 g/mol. The molecule has 30 heavy (non-hydrogen) atoms. The number of urea groups is 1. The van der Waals surface area contributed by atoms with Gasteiger partial charge in [0.25, 0.3) is 5.91 Å². The van der Waals surface area contributed by atoms with Crippen LogP contribution in [0.2, 0.25) is 0 Å². The standard InChI is InChI=1S/C20H22FN3O5S/c1-20(14-4-6-15(21)7-5-14)18(25)24(19(26)22-20)12-13-29-16-8-10-17(11-9-16)30(27,28)23(2)3/h4-11H,12-13H2,1-3H3,(H,22,26)/t20-/m0/s1. The second kappa shape index (κ2) is 8.04. The molecular weight excluding hydrogens is 413 g/mol. The summed E-state index contributed by atoms with van der Waals surface area (Å²) < 4.78 is 44.0. The number of benzene rings is 2. The Bertz CT molecular complexity index is 1050. The van der Waals surface area contributed by atoms with Gasteiger partial charge in [-0.15, -0.1) is 0 Å². The van der Waals surface area contributed by atoms with Crippen LogP contribution in [0.1, 0.15) is 12.5 Å². The summed E-state index contributed by atoms with van der Waals surface area (Å²) in [5.41, 5.74) is -0.809. The molecule has 1 aliphatic rings. The van der Waals surface area contributed by atoms with E-state index >= 15 is 0 Å². The molecule has 160 valence electrons. The maximum atomic E-state index is 13.2. The molecule has 1 atom stereocenters. The number of amides is 3. The molecule has 3 amide bonds. The van der Waals surface area contributed by atoms with Gasteiger partial charge >= 0.3 is 6.03 Å². The van der Waals surface area contributed by atoms with Gasteiger partial charge in [-0.25, -0.2) is 21.9 Å². The summed E-state index contributed by atoms with van der Waals surface area (Å²) in [7, 11) is -0.651. The van der Waals surface area contributed by atoms with Gasteiger partial charge in [-0.05, 0) is 48.9 Å². The molecule has 1 aliphatic heterocycles. The van der Waals surface area contributed by atoms with E-state index in [4.69, 9.17) is 4.74 Å². The number of hydrogen-bond donors (Lipinski definition) is 1. The highest BCUT2D eigenvalue weighted by molar-refractivity contribution is 7.89. The number of hydrogen-bond acceptors (Lipinski definition) is 5. The van der Waals surface area contributed by atoms with E-state index in [0.29, 0.717) is 11.3 Å². The fourth-order valence-electron chi connectivity index (χ4n) is 3.05. The van der Waals surface area contributed by atoms with E-state index in [1.165, 1.54) is 62.6 Å². The molecule has 8 nitrogen and oxygen atoms in total. The summed E-state index contributed by atoms with van der Waals surface area (Å²) in [6.45, 7) is 1.59. The molecular formula is C20H22FN3O5S. The monoisotopic (exact) mass is 435 g/mol. The first-order chi connectivity index (χ1) is 14.1. The third kappa shape index (κ3) is 4.01. The lowest BCUT2D eigenvalue weighted by Gasteiger charge is -2.22. The minimum atomic E-state index is -3.54. The first kappa shape index (κ1) is 21.7. The predicted octanol–water partition coefficient (Wildman–Crippen LogP) is 1.92. The molecule has 1 N–H and O–H groups in total. The van der Waals surface area contributed by atoms with Crippen molar-refractivity contribution in [3.05, 3.63) is 59.9 Å². The number of carbonyl (C=O) groups is 2. The van der Waals surface area contributed by atoms with E-state index in [0.717, 1.165) is 9.21 Å². The zero-order valence-electron chi connectivity index (χ0n) is 16.8. The van der Waals surface area contributed by atoms with E-state index in [-0.39, 0.29) is 18.0 Å². The van der Waals surface area contributed by atoms with Gasteiger partial charge in [-0.1, -0.05) is 12.1 Å². The minimum absolute atomic E-state index is 0.000794. The van der Waals surface area contributed by atoms with Gasteiger partial charge in [-0.3, -0.25) is 9.69 Å². The molecule has 0 bridgehead atoms. The van der Waals surface area contributed by atoms with Crippen LogP contribution in [0.4, 0.5) is 9.18 Å². The summed E-state index contributed by atoms with van der Waals surface area (Å²) in [5, 5.41) is 2.64. The Labute approximate surface area is 174 Å². The number of rotatable bonds is 7. The fourth-order valence-corrected chi connectivity index (χ4v) is 3.95. The summed E-state index contributed by atoms with van der Waals surface area (Å²) in [5.74, 6) is -0.495. The van der Waals surface area contributed by atoms with Crippen molar-refractivity contribution in [2.45, 2.75) is 17.4 Å². The van der Waals surface area contributed by atoms with Crippen molar-refractivity contribution >= 4 is 22.0 Å². The smallest absolute Gasteiger partial charge is 0.325 e. The van der Waals surface area contributed by atoms with E-state index in [2.05, 4.69) is 5.32 Å². The SMILES string of the molecule is CN(C)S(=O)(=O)c1ccc(OCCN2C(=O)N[C@@](C)(c3ccc(F)cc3)C2=O)cc1. The van der Waals surface area contributed by atoms with E-state index in [1.807, 2.05) is 0 Å². The van der Waals surface area contributed by atoms with Crippen LogP contribution in [0.25, 0.3) is 0 Å². The van der Waals surface area contributed by atoms with Crippen molar-refractivity contribution in [3.8, 4) is 5.75 Å².